The van der Waals surface area contributed by atoms with Gasteiger partial charge in [0.1, 0.15) is 11.7 Å². The smallest absolute Gasteiger partial charge is 0.151 e. The molecule has 1 aromatic heterocycles. The molecule has 0 spiro atoms. The van der Waals surface area contributed by atoms with Gasteiger partial charge in [0, 0.05) is 24.2 Å². The lowest BCUT2D eigenvalue weighted by Gasteiger charge is -2.17. The summed E-state index contributed by atoms with van der Waals surface area (Å²) in [6.45, 7) is 4.00. The molecule has 1 aliphatic rings. The third-order valence-corrected chi connectivity index (χ3v) is 5.63. The lowest BCUT2D eigenvalue weighted by atomic mass is 9.85. The number of benzene rings is 2. The van der Waals surface area contributed by atoms with Crippen molar-refractivity contribution in [2.75, 3.05) is 0 Å². The van der Waals surface area contributed by atoms with Gasteiger partial charge >= 0.3 is 0 Å². The molecule has 140 valence electrons. The maximum Gasteiger partial charge on any atom is 0.151 e. The number of pyridine rings is 1. The van der Waals surface area contributed by atoms with E-state index in [9.17, 15) is 9.59 Å². The normalized spacial score (nSPS) is 19.2. The highest BCUT2D eigenvalue weighted by Gasteiger charge is 2.43. The molecule has 0 radical (unpaired) electrons. The van der Waals surface area contributed by atoms with Crippen molar-refractivity contribution in [3.05, 3.63) is 89.2 Å². The number of aromatic nitrogens is 1. The van der Waals surface area contributed by atoms with Gasteiger partial charge < -0.3 is 0 Å². The number of carbonyl (C=O) groups is 2. The summed E-state index contributed by atoms with van der Waals surface area (Å²) in [4.78, 5) is 30.3. The Morgan fingerprint density at radius 3 is 2.21 bits per heavy atom. The van der Waals surface area contributed by atoms with E-state index in [1.165, 1.54) is 0 Å². The summed E-state index contributed by atoms with van der Waals surface area (Å²) in [5.74, 6) is -0.850. The molecule has 0 saturated heterocycles. The minimum atomic E-state index is -0.640. The zero-order valence-corrected chi connectivity index (χ0v) is 16.2. The zero-order chi connectivity index (χ0) is 19.7. The van der Waals surface area contributed by atoms with E-state index in [0.717, 1.165) is 33.5 Å². The van der Waals surface area contributed by atoms with Gasteiger partial charge in [-0.3, -0.25) is 14.6 Å². The Kier molecular flexibility index (Phi) is 4.91. The van der Waals surface area contributed by atoms with Gasteiger partial charge in [-0.2, -0.15) is 0 Å². The van der Waals surface area contributed by atoms with Crippen LogP contribution in [0, 0.1) is 19.8 Å². The number of ketones is 2. The van der Waals surface area contributed by atoms with Crippen LogP contribution in [0.3, 0.4) is 0 Å². The first-order chi connectivity index (χ1) is 13.5. The molecule has 3 nitrogen and oxygen atoms in total. The first-order valence-corrected chi connectivity index (χ1v) is 9.67. The maximum atomic E-state index is 13.1. The fraction of sp³-hybridized carbons (Fsp3) is 0.240. The van der Waals surface area contributed by atoms with Gasteiger partial charge in [-0.15, -0.1) is 0 Å². The van der Waals surface area contributed by atoms with E-state index < -0.39 is 5.92 Å². The van der Waals surface area contributed by atoms with Crippen molar-refractivity contribution in [1.29, 1.82) is 0 Å². The molecule has 1 saturated carbocycles. The van der Waals surface area contributed by atoms with Gasteiger partial charge in [-0.25, -0.2) is 0 Å². The Morgan fingerprint density at radius 2 is 1.57 bits per heavy atom. The van der Waals surface area contributed by atoms with Gasteiger partial charge in [0.25, 0.3) is 0 Å². The van der Waals surface area contributed by atoms with Crippen LogP contribution in [0.1, 0.15) is 34.7 Å². The predicted octanol–water partition coefficient (Wildman–Crippen LogP) is 4.85. The average Bonchev–Trinajstić information content (AvgIpc) is 2.96. The van der Waals surface area contributed by atoms with Crippen LogP contribution < -0.4 is 0 Å². The SMILES string of the molecule is Cc1cc(-c2ccccc2)cc(C)c1C1C(=O)CC(Cc2ccccn2)C1=O. The monoisotopic (exact) mass is 369 g/mol. The summed E-state index contributed by atoms with van der Waals surface area (Å²) in [6, 6.07) is 20.0. The minimum Gasteiger partial charge on any atom is -0.298 e. The second-order valence-electron chi connectivity index (χ2n) is 7.62. The number of hydrogen-bond donors (Lipinski definition) is 0. The molecule has 2 aromatic carbocycles. The lowest BCUT2D eigenvalue weighted by molar-refractivity contribution is -0.124. The molecule has 3 aromatic rings. The highest BCUT2D eigenvalue weighted by molar-refractivity contribution is 6.15. The van der Waals surface area contributed by atoms with Crippen LogP contribution in [0.5, 0.6) is 0 Å². The molecule has 28 heavy (non-hydrogen) atoms. The summed E-state index contributed by atoms with van der Waals surface area (Å²) >= 11 is 0. The maximum absolute atomic E-state index is 13.1. The molecule has 2 atom stereocenters. The van der Waals surface area contributed by atoms with E-state index in [-0.39, 0.29) is 17.5 Å². The average molecular weight is 369 g/mol. The Bertz CT molecular complexity index is 1000. The molecule has 4 rings (SSSR count). The second-order valence-corrected chi connectivity index (χ2v) is 7.62. The van der Waals surface area contributed by atoms with E-state index in [1.54, 1.807) is 6.20 Å². The van der Waals surface area contributed by atoms with E-state index in [4.69, 9.17) is 0 Å². The second kappa shape index (κ2) is 7.51. The molecule has 0 N–H and O–H groups in total. The van der Waals surface area contributed by atoms with Gasteiger partial charge in [0.2, 0.25) is 0 Å². The van der Waals surface area contributed by atoms with Crippen LogP contribution in [0.4, 0.5) is 0 Å². The van der Waals surface area contributed by atoms with E-state index in [0.29, 0.717) is 12.8 Å². The highest BCUT2D eigenvalue weighted by Crippen LogP contribution is 2.38. The van der Waals surface area contributed by atoms with Crippen LogP contribution in [-0.2, 0) is 16.0 Å². The summed E-state index contributed by atoms with van der Waals surface area (Å²) < 4.78 is 0. The Labute approximate surface area is 165 Å². The standard InChI is InChI=1S/C25H23NO2/c1-16-12-19(18-8-4-3-5-9-18)13-17(2)23(16)24-22(27)15-20(25(24)28)14-21-10-6-7-11-26-21/h3-13,20,24H,14-15H2,1-2H3. The number of hydrogen-bond acceptors (Lipinski definition) is 3. The summed E-state index contributed by atoms with van der Waals surface area (Å²) in [5.41, 5.74) is 6.01. The number of aryl methyl sites for hydroxylation is 2. The van der Waals surface area contributed by atoms with E-state index >= 15 is 0 Å². The summed E-state index contributed by atoms with van der Waals surface area (Å²) in [7, 11) is 0. The number of rotatable bonds is 4. The largest absolute Gasteiger partial charge is 0.298 e. The Hall–Kier alpha value is -3.07. The lowest BCUT2D eigenvalue weighted by Crippen LogP contribution is -2.19. The van der Waals surface area contributed by atoms with Crippen molar-refractivity contribution >= 4 is 11.6 Å². The number of Topliss-reactive ketones (excluding diaryl/α,β-unsaturated/α-hetero) is 2. The van der Waals surface area contributed by atoms with Crippen molar-refractivity contribution in [2.24, 2.45) is 5.92 Å². The Balaban J connectivity index is 1.65. The van der Waals surface area contributed by atoms with Gasteiger partial charge in [-0.05, 0) is 60.2 Å². The molecular weight excluding hydrogens is 346 g/mol. The first-order valence-electron chi connectivity index (χ1n) is 9.67. The number of nitrogens with zero attached hydrogens (tertiary/aromatic N) is 1. The molecule has 1 aliphatic carbocycles. The first kappa shape index (κ1) is 18.3. The zero-order valence-electron chi connectivity index (χ0n) is 16.2. The fourth-order valence-corrected chi connectivity index (χ4v) is 4.33. The van der Waals surface area contributed by atoms with Gasteiger partial charge in [-0.1, -0.05) is 48.5 Å². The quantitative estimate of drug-likeness (QED) is 0.618. The van der Waals surface area contributed by atoms with Crippen LogP contribution >= 0.6 is 0 Å². The van der Waals surface area contributed by atoms with Crippen LogP contribution in [0.25, 0.3) is 11.1 Å². The molecule has 0 bridgehead atoms. The molecule has 3 heteroatoms. The Morgan fingerprint density at radius 1 is 0.893 bits per heavy atom. The van der Waals surface area contributed by atoms with E-state index in [2.05, 4.69) is 29.2 Å². The van der Waals surface area contributed by atoms with Crippen LogP contribution in [-0.4, -0.2) is 16.6 Å². The fourth-order valence-electron chi connectivity index (χ4n) is 4.33. The molecule has 2 unspecified atom stereocenters. The molecule has 1 heterocycles. The topological polar surface area (TPSA) is 47.0 Å². The summed E-state index contributed by atoms with van der Waals surface area (Å²) in [5, 5.41) is 0. The third-order valence-electron chi connectivity index (χ3n) is 5.63. The van der Waals surface area contributed by atoms with Gasteiger partial charge in [0.15, 0.2) is 5.78 Å². The molecular formula is C25H23NO2. The van der Waals surface area contributed by atoms with Crippen molar-refractivity contribution in [2.45, 2.75) is 32.6 Å². The predicted molar refractivity (Wildman–Crippen MR) is 110 cm³/mol. The molecule has 0 aliphatic heterocycles. The minimum absolute atomic E-state index is 0.0320. The van der Waals surface area contributed by atoms with Crippen molar-refractivity contribution in [3.63, 3.8) is 0 Å². The van der Waals surface area contributed by atoms with Crippen molar-refractivity contribution in [3.8, 4) is 11.1 Å². The number of carbonyl (C=O) groups excluding carboxylic acids is 2. The third kappa shape index (κ3) is 3.40. The highest BCUT2D eigenvalue weighted by atomic mass is 16.2. The van der Waals surface area contributed by atoms with E-state index in [1.807, 2.05) is 50.2 Å². The summed E-state index contributed by atoms with van der Waals surface area (Å²) in [6.07, 6.45) is 2.56. The molecule has 1 fully saturated rings. The molecule has 0 amide bonds. The van der Waals surface area contributed by atoms with Crippen LogP contribution in [0.2, 0.25) is 0 Å². The van der Waals surface area contributed by atoms with Crippen LogP contribution in [0.15, 0.2) is 66.9 Å². The van der Waals surface area contributed by atoms with Crippen molar-refractivity contribution < 1.29 is 9.59 Å². The van der Waals surface area contributed by atoms with Gasteiger partial charge in [0.05, 0.1) is 0 Å². The van der Waals surface area contributed by atoms with Crippen molar-refractivity contribution in [1.82, 2.24) is 4.98 Å².